The molecular formula is C43H48N2S. The van der Waals surface area contributed by atoms with Crippen molar-refractivity contribution in [2.75, 3.05) is 0 Å². The van der Waals surface area contributed by atoms with Crippen LogP contribution < -0.4 is 10.4 Å². The first-order chi connectivity index (χ1) is 22.4. The first-order valence-corrected chi connectivity index (χ1v) is 17.6. The van der Waals surface area contributed by atoms with Crippen molar-refractivity contribution in [2.24, 2.45) is 4.99 Å². The predicted molar refractivity (Wildman–Crippen MR) is 206 cm³/mol. The molecule has 236 valence electrons. The molecule has 6 rings (SSSR count). The number of hydrogen-bond donors (Lipinski definition) is 0. The number of aromatic nitrogens is 1. The van der Waals surface area contributed by atoms with E-state index in [9.17, 15) is 0 Å². The van der Waals surface area contributed by atoms with E-state index in [1.165, 1.54) is 43.5 Å². The van der Waals surface area contributed by atoms with Gasteiger partial charge in [0.15, 0.2) is 5.82 Å². The van der Waals surface area contributed by atoms with Gasteiger partial charge in [-0.05, 0) is 102 Å². The van der Waals surface area contributed by atoms with Gasteiger partial charge in [0, 0.05) is 32.5 Å². The number of nitrogens with zero attached hydrogens (tertiary/aromatic N) is 2. The Bertz CT molecular complexity index is 2100. The Morgan fingerprint density at radius 2 is 1.52 bits per heavy atom. The zero-order chi connectivity index (χ0) is 33.2. The first-order valence-electron chi connectivity index (χ1n) is 16.7. The molecule has 0 radical (unpaired) electrons. The number of hydrogen-bond acceptors (Lipinski definition) is 3. The fourth-order valence-corrected chi connectivity index (χ4v) is 6.56. The molecule has 4 aromatic carbocycles. The van der Waals surface area contributed by atoms with Crippen molar-refractivity contribution in [3.8, 4) is 11.3 Å². The van der Waals surface area contributed by atoms with Crippen molar-refractivity contribution in [3.63, 3.8) is 0 Å². The fourth-order valence-electron chi connectivity index (χ4n) is 5.79. The normalized spacial score (nSPS) is 12.4. The molecule has 6 aromatic rings. The molecule has 0 amide bonds. The van der Waals surface area contributed by atoms with Crippen molar-refractivity contribution in [2.45, 2.75) is 75.2 Å². The number of fused-ring (bicyclic) bond motifs is 2. The van der Waals surface area contributed by atoms with Crippen LogP contribution in [0.3, 0.4) is 0 Å². The monoisotopic (exact) mass is 624 g/mol. The van der Waals surface area contributed by atoms with Gasteiger partial charge in [0.2, 0.25) is 0 Å². The topological polar surface area (TPSA) is 25.2 Å². The molecule has 0 fully saturated rings. The van der Waals surface area contributed by atoms with Crippen LogP contribution in [0.15, 0.2) is 101 Å². The maximum Gasteiger partial charge on any atom is 0.156 e. The van der Waals surface area contributed by atoms with Gasteiger partial charge < -0.3 is 0 Å². The molecule has 0 N–H and O–H groups in total. The summed E-state index contributed by atoms with van der Waals surface area (Å²) in [7, 11) is 0. The van der Waals surface area contributed by atoms with Crippen LogP contribution in [0.5, 0.6) is 0 Å². The van der Waals surface area contributed by atoms with Crippen molar-refractivity contribution >= 4 is 55.4 Å². The lowest BCUT2D eigenvalue weighted by Crippen LogP contribution is -2.28. The van der Waals surface area contributed by atoms with Crippen LogP contribution in [0, 0.1) is 13.8 Å². The maximum absolute atomic E-state index is 5.31. The van der Waals surface area contributed by atoms with Crippen LogP contribution in [0.25, 0.3) is 43.8 Å². The Kier molecular flexibility index (Phi) is 12.2. The van der Waals surface area contributed by atoms with E-state index in [2.05, 4.69) is 151 Å². The minimum atomic E-state index is 0.766. The second kappa shape index (κ2) is 16.3. The molecule has 2 heterocycles. The number of rotatable bonds is 5. The zero-order valence-corrected chi connectivity index (χ0v) is 29.8. The van der Waals surface area contributed by atoms with E-state index in [0.29, 0.717) is 0 Å². The summed E-state index contributed by atoms with van der Waals surface area (Å²) in [5.74, 6) is 0.766. The van der Waals surface area contributed by atoms with Crippen molar-refractivity contribution in [1.82, 2.24) is 4.98 Å². The third-order valence-electron chi connectivity index (χ3n) is 8.06. The van der Waals surface area contributed by atoms with Gasteiger partial charge in [0.05, 0.1) is 5.69 Å². The number of aryl methyl sites for hydroxylation is 3. The Hall–Kier alpha value is -4.34. The van der Waals surface area contributed by atoms with E-state index in [1.54, 1.807) is 11.3 Å². The molecule has 2 nitrogen and oxygen atoms in total. The Labute approximate surface area is 279 Å². The molecule has 0 bridgehead atoms. The molecule has 2 aromatic heterocycles. The Morgan fingerprint density at radius 1 is 0.826 bits per heavy atom. The molecule has 0 unspecified atom stereocenters. The van der Waals surface area contributed by atoms with E-state index >= 15 is 0 Å². The summed E-state index contributed by atoms with van der Waals surface area (Å²) in [6.45, 7) is 19.0. The molecule has 0 saturated heterocycles. The fraction of sp³-hybridized carbons (Fsp3) is 0.256. The van der Waals surface area contributed by atoms with E-state index in [0.717, 1.165) is 51.3 Å². The summed E-state index contributed by atoms with van der Waals surface area (Å²) in [6, 6.07) is 32.8. The SMILES string of the molecule is C/C=c1/cccc/c1=C(/C(C)=N/c1nc(-c2ccc(C)c(CC)c2)c2ccccc2c1C)c1ccc2sccc2c1.CC.CCC. The molecular weight excluding hydrogens is 577 g/mol. The molecule has 0 aliphatic carbocycles. The van der Waals surface area contributed by atoms with Crippen LogP contribution in [0.2, 0.25) is 0 Å². The quantitative estimate of drug-likeness (QED) is 0.175. The average Bonchev–Trinajstić information content (AvgIpc) is 3.56. The van der Waals surface area contributed by atoms with Gasteiger partial charge in [-0.2, -0.15) is 0 Å². The van der Waals surface area contributed by atoms with Crippen molar-refractivity contribution < 1.29 is 0 Å². The van der Waals surface area contributed by atoms with Crippen LogP contribution >= 0.6 is 11.3 Å². The zero-order valence-electron chi connectivity index (χ0n) is 29.0. The molecule has 0 aliphatic rings. The highest BCUT2D eigenvalue weighted by Gasteiger charge is 2.15. The first kappa shape index (κ1) is 34.5. The van der Waals surface area contributed by atoms with Crippen LogP contribution in [0.1, 0.15) is 77.1 Å². The lowest BCUT2D eigenvalue weighted by Gasteiger charge is -2.15. The molecule has 0 saturated carbocycles. The molecule has 3 heteroatoms. The Balaban J connectivity index is 0.000000908. The number of aliphatic imine (C=N–C) groups is 1. The molecule has 46 heavy (non-hydrogen) atoms. The van der Waals surface area contributed by atoms with E-state index in [1.807, 2.05) is 13.8 Å². The lowest BCUT2D eigenvalue weighted by molar-refractivity contribution is 1.09. The van der Waals surface area contributed by atoms with Gasteiger partial charge in [-0.15, -0.1) is 11.3 Å². The summed E-state index contributed by atoms with van der Waals surface area (Å²) < 4.78 is 1.29. The summed E-state index contributed by atoms with van der Waals surface area (Å²) in [4.78, 5) is 10.6. The lowest BCUT2D eigenvalue weighted by atomic mass is 9.96. The van der Waals surface area contributed by atoms with Crippen LogP contribution in [-0.2, 0) is 6.42 Å². The molecule has 0 atom stereocenters. The van der Waals surface area contributed by atoms with Crippen LogP contribution in [-0.4, -0.2) is 10.7 Å². The van der Waals surface area contributed by atoms with Crippen molar-refractivity contribution in [1.29, 1.82) is 0 Å². The number of pyridine rings is 1. The summed E-state index contributed by atoms with van der Waals surface area (Å²) in [6.07, 6.45) is 4.42. The van der Waals surface area contributed by atoms with Gasteiger partial charge >= 0.3 is 0 Å². The Morgan fingerprint density at radius 3 is 2.24 bits per heavy atom. The van der Waals surface area contributed by atoms with Gasteiger partial charge in [-0.25, -0.2) is 9.98 Å². The third kappa shape index (κ3) is 7.37. The standard InChI is InChI=1S/C38H34N2S.C3H8.C2H6/c1-6-27-12-8-9-14-33(27)36(30-18-19-35-29(23-30)20-21-41-35)26(5)39-38-25(4)32-13-10-11-15-34(32)37(40-38)31-17-16-24(3)28(7-2)22-31;1-3-2;1-2/h6,8-23H,7H2,1-5H3;3H2,1-2H3;1-2H3/b27-6-,36-33+,39-26+;;. The summed E-state index contributed by atoms with van der Waals surface area (Å²) in [5.41, 5.74) is 9.12. The number of thiophene rings is 1. The van der Waals surface area contributed by atoms with Crippen LogP contribution in [0.4, 0.5) is 5.82 Å². The number of benzene rings is 4. The summed E-state index contributed by atoms with van der Waals surface area (Å²) in [5, 5.41) is 8.12. The highest BCUT2D eigenvalue weighted by Crippen LogP contribution is 2.35. The van der Waals surface area contributed by atoms with Gasteiger partial charge in [0.1, 0.15) is 0 Å². The van der Waals surface area contributed by atoms with E-state index in [4.69, 9.17) is 9.98 Å². The largest absolute Gasteiger partial charge is 0.233 e. The second-order valence-electron chi connectivity index (χ2n) is 11.3. The van der Waals surface area contributed by atoms with Gasteiger partial charge in [-0.3, -0.25) is 0 Å². The average molecular weight is 625 g/mol. The second-order valence-corrected chi connectivity index (χ2v) is 12.2. The molecule has 0 spiro atoms. The summed E-state index contributed by atoms with van der Waals surface area (Å²) >= 11 is 1.77. The minimum Gasteiger partial charge on any atom is -0.233 e. The third-order valence-corrected chi connectivity index (χ3v) is 8.96. The maximum atomic E-state index is 5.31. The predicted octanol–water partition coefficient (Wildman–Crippen LogP) is 11.5. The van der Waals surface area contributed by atoms with E-state index < -0.39 is 0 Å². The molecule has 0 aliphatic heterocycles. The van der Waals surface area contributed by atoms with Crippen molar-refractivity contribution in [3.05, 3.63) is 129 Å². The highest BCUT2D eigenvalue weighted by molar-refractivity contribution is 7.17. The highest BCUT2D eigenvalue weighted by atomic mass is 32.1. The minimum absolute atomic E-state index is 0.766. The van der Waals surface area contributed by atoms with E-state index in [-0.39, 0.29) is 0 Å². The van der Waals surface area contributed by atoms with Gasteiger partial charge in [0.25, 0.3) is 0 Å². The van der Waals surface area contributed by atoms with Gasteiger partial charge in [-0.1, -0.05) is 114 Å². The smallest absolute Gasteiger partial charge is 0.156 e.